The van der Waals surface area contributed by atoms with Gasteiger partial charge in [-0.05, 0) is 24.2 Å². The van der Waals surface area contributed by atoms with Gasteiger partial charge in [0.15, 0.2) is 0 Å². The van der Waals surface area contributed by atoms with Gasteiger partial charge in [0.05, 0.1) is 0 Å². The normalized spacial score (nSPS) is 23.7. The highest BCUT2D eigenvalue weighted by Crippen LogP contribution is 2.27. The molecule has 0 aliphatic carbocycles. The van der Waals surface area contributed by atoms with Crippen LogP contribution in [0, 0.1) is 11.3 Å². The second-order valence-electron chi connectivity index (χ2n) is 7.33. The molecule has 0 aromatic carbocycles. The molecule has 1 rings (SSSR count). The predicted molar refractivity (Wildman–Crippen MR) is 82.8 cm³/mol. The molecule has 1 heterocycles. The Morgan fingerprint density at radius 1 is 1.29 bits per heavy atom. The van der Waals surface area contributed by atoms with Gasteiger partial charge in [-0.15, -0.1) is 0 Å². The zero-order chi connectivity index (χ0) is 16.2. The van der Waals surface area contributed by atoms with Crippen LogP contribution in [0.15, 0.2) is 0 Å². The molecule has 0 radical (unpaired) electrons. The maximum Gasteiger partial charge on any atom is 0.246 e. The largest absolute Gasteiger partial charge is 0.385 e. The van der Waals surface area contributed by atoms with Crippen LogP contribution in [0.5, 0.6) is 0 Å². The van der Waals surface area contributed by atoms with E-state index in [0.29, 0.717) is 25.5 Å². The van der Waals surface area contributed by atoms with Crippen LogP contribution in [0.4, 0.5) is 0 Å². The second-order valence-corrected chi connectivity index (χ2v) is 7.33. The number of nitrogens with one attached hydrogen (secondary N) is 1. The molecule has 1 aliphatic heterocycles. The summed E-state index contributed by atoms with van der Waals surface area (Å²) in [7, 11) is 1.65. The Morgan fingerprint density at radius 2 is 1.90 bits per heavy atom. The third-order valence-electron chi connectivity index (χ3n) is 3.80. The molecule has 2 unspecified atom stereocenters. The van der Waals surface area contributed by atoms with Gasteiger partial charge in [-0.25, -0.2) is 0 Å². The lowest BCUT2D eigenvalue weighted by Crippen LogP contribution is -2.66. The SMILES string of the molecule is COCCCN1C(=O)C(C(C)(C)C)NC(=O)C1CC(C)C. The van der Waals surface area contributed by atoms with Crippen molar-refractivity contribution < 1.29 is 14.3 Å². The molecule has 122 valence electrons. The van der Waals surface area contributed by atoms with Crippen molar-refractivity contribution in [3.63, 3.8) is 0 Å². The highest BCUT2D eigenvalue weighted by Gasteiger charge is 2.44. The van der Waals surface area contributed by atoms with Crippen LogP contribution in [0.2, 0.25) is 0 Å². The Labute approximate surface area is 128 Å². The second kappa shape index (κ2) is 7.25. The Bertz CT molecular complexity index is 374. The van der Waals surface area contributed by atoms with Gasteiger partial charge in [-0.1, -0.05) is 34.6 Å². The minimum atomic E-state index is -0.448. The number of amides is 2. The molecule has 5 nitrogen and oxygen atoms in total. The van der Waals surface area contributed by atoms with E-state index in [1.165, 1.54) is 0 Å². The summed E-state index contributed by atoms with van der Waals surface area (Å²) in [5.41, 5.74) is -0.283. The number of carbonyl (C=O) groups excluding carboxylic acids is 2. The quantitative estimate of drug-likeness (QED) is 0.761. The standard InChI is InChI=1S/C16H30N2O3/c1-11(2)10-12-14(19)17-13(16(3,4)5)15(20)18(12)8-7-9-21-6/h11-13H,7-10H2,1-6H3,(H,17,19). The molecule has 2 amide bonds. The van der Waals surface area contributed by atoms with E-state index in [4.69, 9.17) is 4.74 Å². The van der Waals surface area contributed by atoms with Crippen molar-refractivity contribution in [2.75, 3.05) is 20.3 Å². The summed E-state index contributed by atoms with van der Waals surface area (Å²) >= 11 is 0. The Hall–Kier alpha value is -1.10. The van der Waals surface area contributed by atoms with E-state index in [1.807, 2.05) is 20.8 Å². The summed E-state index contributed by atoms with van der Waals surface area (Å²) < 4.78 is 5.07. The molecular formula is C16H30N2O3. The van der Waals surface area contributed by atoms with Crippen molar-refractivity contribution in [3.05, 3.63) is 0 Å². The topological polar surface area (TPSA) is 58.6 Å². The number of rotatable bonds is 6. The first-order valence-electron chi connectivity index (χ1n) is 7.78. The highest BCUT2D eigenvalue weighted by molar-refractivity contribution is 5.97. The van der Waals surface area contributed by atoms with Crippen LogP contribution in [0.25, 0.3) is 0 Å². The molecule has 21 heavy (non-hydrogen) atoms. The summed E-state index contributed by atoms with van der Waals surface area (Å²) in [5.74, 6) is 0.370. The third kappa shape index (κ3) is 4.70. The predicted octanol–water partition coefficient (Wildman–Crippen LogP) is 1.81. The van der Waals surface area contributed by atoms with E-state index in [2.05, 4.69) is 19.2 Å². The number of nitrogens with zero attached hydrogens (tertiary/aromatic N) is 1. The van der Waals surface area contributed by atoms with Gasteiger partial charge in [0.2, 0.25) is 11.8 Å². The number of piperazine rings is 1. The van der Waals surface area contributed by atoms with Gasteiger partial charge < -0.3 is 15.0 Å². The Kier molecular flexibility index (Phi) is 6.20. The summed E-state index contributed by atoms with van der Waals surface area (Å²) in [6.45, 7) is 11.2. The van der Waals surface area contributed by atoms with E-state index in [-0.39, 0.29) is 23.3 Å². The summed E-state index contributed by atoms with van der Waals surface area (Å²) in [6, 6.07) is -0.802. The van der Waals surface area contributed by atoms with Crippen molar-refractivity contribution in [1.82, 2.24) is 10.2 Å². The highest BCUT2D eigenvalue weighted by atomic mass is 16.5. The molecule has 1 N–H and O–H groups in total. The van der Waals surface area contributed by atoms with E-state index >= 15 is 0 Å². The van der Waals surface area contributed by atoms with Gasteiger partial charge in [-0.2, -0.15) is 0 Å². The zero-order valence-electron chi connectivity index (χ0n) is 14.2. The molecule has 0 saturated carbocycles. The van der Waals surface area contributed by atoms with Gasteiger partial charge >= 0.3 is 0 Å². The van der Waals surface area contributed by atoms with Crippen molar-refractivity contribution in [2.45, 2.75) is 59.5 Å². The molecule has 2 atom stereocenters. The zero-order valence-corrected chi connectivity index (χ0v) is 14.2. The molecule has 1 saturated heterocycles. The number of hydrogen-bond acceptors (Lipinski definition) is 3. The van der Waals surface area contributed by atoms with Crippen molar-refractivity contribution in [3.8, 4) is 0 Å². The van der Waals surface area contributed by atoms with Gasteiger partial charge in [0, 0.05) is 20.3 Å². The lowest BCUT2D eigenvalue weighted by molar-refractivity contribution is -0.153. The molecule has 0 spiro atoms. The van der Waals surface area contributed by atoms with E-state index in [9.17, 15) is 9.59 Å². The lowest BCUT2D eigenvalue weighted by atomic mass is 9.83. The molecular weight excluding hydrogens is 268 g/mol. The number of ether oxygens (including phenoxy) is 1. The minimum absolute atomic E-state index is 0.0272. The monoisotopic (exact) mass is 298 g/mol. The van der Waals surface area contributed by atoms with Crippen LogP contribution in [0.1, 0.15) is 47.5 Å². The first-order chi connectivity index (χ1) is 9.68. The van der Waals surface area contributed by atoms with Crippen LogP contribution in [0.3, 0.4) is 0 Å². The van der Waals surface area contributed by atoms with Gasteiger partial charge in [-0.3, -0.25) is 9.59 Å². The maximum absolute atomic E-state index is 12.8. The third-order valence-corrected chi connectivity index (χ3v) is 3.80. The average molecular weight is 298 g/mol. The minimum Gasteiger partial charge on any atom is -0.385 e. The van der Waals surface area contributed by atoms with Crippen LogP contribution < -0.4 is 5.32 Å². The molecule has 1 fully saturated rings. The fourth-order valence-corrected chi connectivity index (χ4v) is 2.67. The average Bonchev–Trinajstić information content (AvgIpc) is 2.35. The fraction of sp³-hybridized carbons (Fsp3) is 0.875. The molecule has 0 aromatic rings. The lowest BCUT2D eigenvalue weighted by Gasteiger charge is -2.43. The molecule has 1 aliphatic rings. The van der Waals surface area contributed by atoms with Crippen LogP contribution >= 0.6 is 0 Å². The first kappa shape index (κ1) is 18.0. The number of methoxy groups -OCH3 is 1. The fourth-order valence-electron chi connectivity index (χ4n) is 2.67. The maximum atomic E-state index is 12.8. The Morgan fingerprint density at radius 3 is 2.38 bits per heavy atom. The van der Waals surface area contributed by atoms with Crippen molar-refractivity contribution in [1.29, 1.82) is 0 Å². The molecule has 0 bridgehead atoms. The molecule has 5 heteroatoms. The molecule has 0 aromatic heterocycles. The van der Waals surface area contributed by atoms with Gasteiger partial charge in [0.25, 0.3) is 0 Å². The number of hydrogen-bond donors (Lipinski definition) is 1. The number of carbonyl (C=O) groups is 2. The summed E-state index contributed by atoms with van der Waals surface area (Å²) in [4.78, 5) is 27.0. The first-order valence-corrected chi connectivity index (χ1v) is 7.78. The smallest absolute Gasteiger partial charge is 0.246 e. The van der Waals surface area contributed by atoms with Crippen LogP contribution in [-0.2, 0) is 14.3 Å². The van der Waals surface area contributed by atoms with Crippen molar-refractivity contribution in [2.24, 2.45) is 11.3 Å². The van der Waals surface area contributed by atoms with Gasteiger partial charge in [0.1, 0.15) is 12.1 Å². The summed E-state index contributed by atoms with van der Waals surface area (Å²) in [6.07, 6.45) is 1.45. The van der Waals surface area contributed by atoms with Crippen LogP contribution in [-0.4, -0.2) is 49.1 Å². The van der Waals surface area contributed by atoms with E-state index in [1.54, 1.807) is 12.0 Å². The van der Waals surface area contributed by atoms with E-state index < -0.39 is 6.04 Å². The van der Waals surface area contributed by atoms with Crippen molar-refractivity contribution >= 4 is 11.8 Å². The Balaban J connectivity index is 2.93. The van der Waals surface area contributed by atoms with E-state index in [0.717, 1.165) is 6.42 Å². The summed E-state index contributed by atoms with van der Waals surface area (Å²) in [5, 5.41) is 2.92.